The Bertz CT molecular complexity index is 336. The fourth-order valence-corrected chi connectivity index (χ4v) is 2.02. The molecule has 0 saturated heterocycles. The fraction of sp³-hybridized carbons (Fsp3) is 0.571. The summed E-state index contributed by atoms with van der Waals surface area (Å²) in [4.78, 5) is 0. The van der Waals surface area contributed by atoms with Gasteiger partial charge in [0, 0.05) is 18.7 Å². The predicted molar refractivity (Wildman–Crippen MR) is 68.6 cm³/mol. The molecule has 0 amide bonds. The molecule has 0 saturated carbocycles. The van der Waals surface area contributed by atoms with Crippen LogP contribution in [0, 0.1) is 13.8 Å². The number of hydrogen-bond donors (Lipinski definition) is 2. The normalized spacial score (nSPS) is 14.8. The minimum absolute atomic E-state index is 0.244. The second kappa shape index (κ2) is 6.02. The van der Waals surface area contributed by atoms with Crippen LogP contribution in [0.4, 0.5) is 0 Å². The molecule has 0 spiro atoms. The van der Waals surface area contributed by atoms with E-state index in [1.165, 1.54) is 16.7 Å². The Morgan fingerprint density at radius 1 is 1.25 bits per heavy atom. The summed E-state index contributed by atoms with van der Waals surface area (Å²) in [5, 5.41) is 12.4. The third-order valence-corrected chi connectivity index (χ3v) is 3.00. The first-order chi connectivity index (χ1) is 7.54. The average molecular weight is 221 g/mol. The SMILES string of the molecule is Cc1ccc(C)c(C(C)NC(C)CCO)c1. The molecule has 0 bridgehead atoms. The van der Waals surface area contributed by atoms with Gasteiger partial charge in [-0.05, 0) is 45.2 Å². The Hall–Kier alpha value is -0.860. The highest BCUT2D eigenvalue weighted by Gasteiger charge is 2.11. The largest absolute Gasteiger partial charge is 0.396 e. The number of aliphatic hydroxyl groups is 1. The van der Waals surface area contributed by atoms with E-state index in [0.29, 0.717) is 12.1 Å². The van der Waals surface area contributed by atoms with Crippen LogP contribution in [-0.2, 0) is 0 Å². The van der Waals surface area contributed by atoms with E-state index in [4.69, 9.17) is 5.11 Å². The second-order valence-electron chi connectivity index (χ2n) is 4.66. The molecule has 0 aromatic heterocycles. The molecule has 0 fully saturated rings. The highest BCUT2D eigenvalue weighted by molar-refractivity contribution is 5.32. The molecule has 1 rings (SSSR count). The number of benzene rings is 1. The standard InChI is InChI=1S/C14H23NO/c1-10-5-6-11(2)14(9-10)13(4)15-12(3)7-8-16/h5-6,9,12-13,15-16H,7-8H2,1-4H3. The van der Waals surface area contributed by atoms with Crippen molar-refractivity contribution in [3.05, 3.63) is 34.9 Å². The molecule has 2 unspecified atom stereocenters. The maximum atomic E-state index is 8.88. The number of aryl methyl sites for hydroxylation is 2. The smallest absolute Gasteiger partial charge is 0.0445 e. The quantitative estimate of drug-likeness (QED) is 0.801. The lowest BCUT2D eigenvalue weighted by atomic mass is 9.99. The van der Waals surface area contributed by atoms with Gasteiger partial charge in [-0.25, -0.2) is 0 Å². The topological polar surface area (TPSA) is 32.3 Å². The summed E-state index contributed by atoms with van der Waals surface area (Å²) in [6.07, 6.45) is 0.801. The van der Waals surface area contributed by atoms with Crippen molar-refractivity contribution >= 4 is 0 Å². The maximum Gasteiger partial charge on any atom is 0.0445 e. The van der Waals surface area contributed by atoms with Crippen molar-refractivity contribution in [2.45, 2.75) is 46.2 Å². The van der Waals surface area contributed by atoms with Crippen molar-refractivity contribution in [3.63, 3.8) is 0 Å². The van der Waals surface area contributed by atoms with Crippen LogP contribution in [-0.4, -0.2) is 17.8 Å². The van der Waals surface area contributed by atoms with Crippen molar-refractivity contribution < 1.29 is 5.11 Å². The Morgan fingerprint density at radius 2 is 1.94 bits per heavy atom. The summed E-state index contributed by atoms with van der Waals surface area (Å²) < 4.78 is 0. The summed E-state index contributed by atoms with van der Waals surface area (Å²) in [5.41, 5.74) is 3.97. The molecule has 2 atom stereocenters. The molecular weight excluding hydrogens is 198 g/mol. The van der Waals surface area contributed by atoms with Gasteiger partial charge in [-0.3, -0.25) is 0 Å². The summed E-state index contributed by atoms with van der Waals surface area (Å²) in [6.45, 7) is 8.79. The van der Waals surface area contributed by atoms with Crippen LogP contribution in [0.5, 0.6) is 0 Å². The molecule has 0 aliphatic rings. The zero-order valence-corrected chi connectivity index (χ0v) is 10.7. The van der Waals surface area contributed by atoms with E-state index < -0.39 is 0 Å². The summed E-state index contributed by atoms with van der Waals surface area (Å²) >= 11 is 0. The van der Waals surface area contributed by atoms with E-state index in [1.54, 1.807) is 0 Å². The predicted octanol–water partition coefficient (Wildman–Crippen LogP) is 2.72. The van der Waals surface area contributed by atoms with Gasteiger partial charge in [-0.1, -0.05) is 23.8 Å². The summed E-state index contributed by atoms with van der Waals surface area (Å²) in [7, 11) is 0. The Kier molecular flexibility index (Phi) is 4.97. The summed E-state index contributed by atoms with van der Waals surface area (Å²) in [5.74, 6) is 0. The Balaban J connectivity index is 2.72. The summed E-state index contributed by atoms with van der Waals surface area (Å²) in [6, 6.07) is 7.22. The Morgan fingerprint density at radius 3 is 2.56 bits per heavy atom. The first-order valence-corrected chi connectivity index (χ1v) is 5.98. The minimum atomic E-state index is 0.244. The lowest BCUT2D eigenvalue weighted by Gasteiger charge is -2.21. The minimum Gasteiger partial charge on any atom is -0.396 e. The van der Waals surface area contributed by atoms with Crippen molar-refractivity contribution in [2.24, 2.45) is 0 Å². The molecule has 0 radical (unpaired) electrons. The van der Waals surface area contributed by atoms with E-state index in [-0.39, 0.29) is 6.61 Å². The molecule has 1 aromatic carbocycles. The molecule has 16 heavy (non-hydrogen) atoms. The van der Waals surface area contributed by atoms with Gasteiger partial charge in [0.25, 0.3) is 0 Å². The molecule has 0 aliphatic carbocycles. The van der Waals surface area contributed by atoms with Gasteiger partial charge in [-0.2, -0.15) is 0 Å². The number of rotatable bonds is 5. The second-order valence-corrected chi connectivity index (χ2v) is 4.66. The third kappa shape index (κ3) is 3.62. The lowest BCUT2D eigenvalue weighted by molar-refractivity contribution is 0.264. The number of aliphatic hydroxyl groups excluding tert-OH is 1. The van der Waals surface area contributed by atoms with Crippen molar-refractivity contribution in [1.29, 1.82) is 0 Å². The van der Waals surface area contributed by atoms with E-state index in [9.17, 15) is 0 Å². The fourth-order valence-electron chi connectivity index (χ4n) is 2.02. The van der Waals surface area contributed by atoms with Crippen LogP contribution in [0.1, 0.15) is 43.0 Å². The molecule has 0 heterocycles. The van der Waals surface area contributed by atoms with Crippen LogP contribution in [0.15, 0.2) is 18.2 Å². The van der Waals surface area contributed by atoms with Crippen LogP contribution < -0.4 is 5.32 Å². The Labute approximate surface area is 98.7 Å². The van der Waals surface area contributed by atoms with E-state index in [0.717, 1.165) is 6.42 Å². The van der Waals surface area contributed by atoms with Crippen LogP contribution >= 0.6 is 0 Å². The highest BCUT2D eigenvalue weighted by atomic mass is 16.3. The molecular formula is C14H23NO. The van der Waals surface area contributed by atoms with E-state index >= 15 is 0 Å². The van der Waals surface area contributed by atoms with E-state index in [1.807, 2.05) is 0 Å². The van der Waals surface area contributed by atoms with E-state index in [2.05, 4.69) is 51.2 Å². The number of nitrogens with one attached hydrogen (secondary N) is 1. The van der Waals surface area contributed by atoms with Gasteiger partial charge in [-0.15, -0.1) is 0 Å². The zero-order chi connectivity index (χ0) is 12.1. The van der Waals surface area contributed by atoms with Crippen LogP contribution in [0.2, 0.25) is 0 Å². The van der Waals surface area contributed by atoms with Crippen molar-refractivity contribution in [1.82, 2.24) is 5.32 Å². The van der Waals surface area contributed by atoms with Gasteiger partial charge in [0.05, 0.1) is 0 Å². The molecule has 0 aliphatic heterocycles. The van der Waals surface area contributed by atoms with Crippen LogP contribution in [0.25, 0.3) is 0 Å². The highest BCUT2D eigenvalue weighted by Crippen LogP contribution is 2.19. The zero-order valence-electron chi connectivity index (χ0n) is 10.7. The van der Waals surface area contributed by atoms with Gasteiger partial charge >= 0.3 is 0 Å². The van der Waals surface area contributed by atoms with Crippen molar-refractivity contribution in [3.8, 4) is 0 Å². The van der Waals surface area contributed by atoms with Crippen LogP contribution in [0.3, 0.4) is 0 Å². The van der Waals surface area contributed by atoms with Gasteiger partial charge in [0.2, 0.25) is 0 Å². The van der Waals surface area contributed by atoms with Gasteiger partial charge < -0.3 is 10.4 Å². The van der Waals surface area contributed by atoms with Gasteiger partial charge in [0.1, 0.15) is 0 Å². The van der Waals surface area contributed by atoms with Crippen molar-refractivity contribution in [2.75, 3.05) is 6.61 Å². The maximum absolute atomic E-state index is 8.88. The lowest BCUT2D eigenvalue weighted by Crippen LogP contribution is -2.30. The average Bonchev–Trinajstić information content (AvgIpc) is 2.21. The van der Waals surface area contributed by atoms with Gasteiger partial charge in [0.15, 0.2) is 0 Å². The number of hydrogen-bond acceptors (Lipinski definition) is 2. The molecule has 2 nitrogen and oxygen atoms in total. The molecule has 2 heteroatoms. The first kappa shape index (κ1) is 13.2. The molecule has 90 valence electrons. The monoisotopic (exact) mass is 221 g/mol. The molecule has 2 N–H and O–H groups in total. The molecule has 1 aromatic rings. The first-order valence-electron chi connectivity index (χ1n) is 5.98. The third-order valence-electron chi connectivity index (χ3n) is 3.00.